The standard InChI is InChI=1S/C20H20ClFO3/c1-12(25-19(24)17-15(21)6-5-7-16(17)22)18(23)13-8-10-14(11-9-13)20(2,3)4/h5-12H,1-4H3/t12-/m1/s1. The van der Waals surface area contributed by atoms with Gasteiger partial charge in [0.25, 0.3) is 0 Å². The van der Waals surface area contributed by atoms with Crippen LogP contribution in [0.1, 0.15) is 54.0 Å². The Bertz CT molecular complexity index is 771. The Morgan fingerprint density at radius 2 is 1.68 bits per heavy atom. The lowest BCUT2D eigenvalue weighted by atomic mass is 9.86. The van der Waals surface area contributed by atoms with Crippen molar-refractivity contribution in [2.75, 3.05) is 0 Å². The number of esters is 1. The van der Waals surface area contributed by atoms with E-state index >= 15 is 0 Å². The summed E-state index contributed by atoms with van der Waals surface area (Å²) in [5.74, 6) is -2.11. The van der Waals surface area contributed by atoms with Crippen molar-refractivity contribution < 1.29 is 18.7 Å². The van der Waals surface area contributed by atoms with Crippen LogP contribution in [0.3, 0.4) is 0 Å². The van der Waals surface area contributed by atoms with Gasteiger partial charge < -0.3 is 4.74 Å². The molecule has 25 heavy (non-hydrogen) atoms. The van der Waals surface area contributed by atoms with Gasteiger partial charge in [-0.3, -0.25) is 4.79 Å². The zero-order valence-corrected chi connectivity index (χ0v) is 15.4. The molecule has 2 aromatic carbocycles. The first-order valence-corrected chi connectivity index (χ1v) is 8.29. The second-order valence-corrected chi connectivity index (χ2v) is 7.24. The summed E-state index contributed by atoms with van der Waals surface area (Å²) in [7, 11) is 0. The largest absolute Gasteiger partial charge is 0.451 e. The maximum absolute atomic E-state index is 13.8. The van der Waals surface area contributed by atoms with Crippen molar-refractivity contribution in [3.05, 3.63) is 70.0 Å². The smallest absolute Gasteiger partial charge is 0.343 e. The van der Waals surface area contributed by atoms with E-state index in [0.717, 1.165) is 11.6 Å². The van der Waals surface area contributed by atoms with E-state index in [1.807, 2.05) is 12.1 Å². The van der Waals surface area contributed by atoms with Crippen LogP contribution in [0.5, 0.6) is 0 Å². The molecule has 0 N–H and O–H groups in total. The fourth-order valence-corrected chi connectivity index (χ4v) is 2.58. The van der Waals surface area contributed by atoms with E-state index in [9.17, 15) is 14.0 Å². The molecule has 0 bridgehead atoms. The number of halogens is 2. The minimum absolute atomic E-state index is 0.0265. The fourth-order valence-electron chi connectivity index (χ4n) is 2.34. The number of benzene rings is 2. The summed E-state index contributed by atoms with van der Waals surface area (Å²) in [6.45, 7) is 7.68. The predicted octanol–water partition coefficient (Wildman–Crippen LogP) is 5.20. The van der Waals surface area contributed by atoms with E-state index in [1.54, 1.807) is 12.1 Å². The topological polar surface area (TPSA) is 43.4 Å². The lowest BCUT2D eigenvalue weighted by molar-refractivity contribution is 0.0314. The molecule has 0 radical (unpaired) electrons. The molecule has 2 aromatic rings. The van der Waals surface area contributed by atoms with Crippen LogP contribution in [0, 0.1) is 5.82 Å². The van der Waals surface area contributed by atoms with Crippen molar-refractivity contribution in [2.24, 2.45) is 0 Å². The number of carbonyl (C=O) groups is 2. The highest BCUT2D eigenvalue weighted by atomic mass is 35.5. The molecule has 5 heteroatoms. The number of hydrogen-bond acceptors (Lipinski definition) is 3. The quantitative estimate of drug-likeness (QED) is 0.554. The van der Waals surface area contributed by atoms with Crippen LogP contribution in [0.25, 0.3) is 0 Å². The first-order chi connectivity index (χ1) is 11.6. The van der Waals surface area contributed by atoms with Crippen LogP contribution in [0.4, 0.5) is 4.39 Å². The lowest BCUT2D eigenvalue weighted by Gasteiger charge is -2.19. The molecule has 2 rings (SSSR count). The average Bonchev–Trinajstić information content (AvgIpc) is 2.53. The Kier molecular flexibility index (Phi) is 5.63. The first kappa shape index (κ1) is 19.1. The fraction of sp³-hybridized carbons (Fsp3) is 0.300. The minimum atomic E-state index is -1.05. The van der Waals surface area contributed by atoms with Crippen LogP contribution in [0.2, 0.25) is 5.02 Å². The molecule has 132 valence electrons. The molecule has 0 heterocycles. The third-order valence-electron chi connectivity index (χ3n) is 3.86. The highest BCUT2D eigenvalue weighted by molar-refractivity contribution is 6.33. The van der Waals surface area contributed by atoms with Crippen LogP contribution >= 0.6 is 11.6 Å². The van der Waals surface area contributed by atoms with Gasteiger partial charge in [0.1, 0.15) is 11.4 Å². The Morgan fingerprint density at radius 1 is 1.08 bits per heavy atom. The van der Waals surface area contributed by atoms with Gasteiger partial charge in [-0.15, -0.1) is 0 Å². The lowest BCUT2D eigenvalue weighted by Crippen LogP contribution is -2.25. The molecular weight excluding hydrogens is 343 g/mol. The van der Waals surface area contributed by atoms with E-state index in [0.29, 0.717) is 5.56 Å². The Balaban J connectivity index is 2.14. The second-order valence-electron chi connectivity index (χ2n) is 6.84. The van der Waals surface area contributed by atoms with E-state index in [4.69, 9.17) is 16.3 Å². The van der Waals surface area contributed by atoms with E-state index in [-0.39, 0.29) is 21.8 Å². The van der Waals surface area contributed by atoms with Crippen LogP contribution in [-0.4, -0.2) is 17.9 Å². The zero-order chi connectivity index (χ0) is 18.8. The molecular formula is C20H20ClFO3. The molecule has 0 aliphatic carbocycles. The highest BCUT2D eigenvalue weighted by Gasteiger charge is 2.24. The molecule has 0 unspecified atom stereocenters. The van der Waals surface area contributed by atoms with E-state index in [1.165, 1.54) is 19.1 Å². The molecule has 0 spiro atoms. The minimum Gasteiger partial charge on any atom is -0.451 e. The Morgan fingerprint density at radius 3 is 2.20 bits per heavy atom. The van der Waals surface area contributed by atoms with Crippen molar-refractivity contribution in [3.63, 3.8) is 0 Å². The maximum atomic E-state index is 13.8. The van der Waals surface area contributed by atoms with Gasteiger partial charge in [-0.05, 0) is 30.0 Å². The van der Waals surface area contributed by atoms with Crippen molar-refractivity contribution in [2.45, 2.75) is 39.2 Å². The van der Waals surface area contributed by atoms with Crippen molar-refractivity contribution >= 4 is 23.4 Å². The molecule has 0 amide bonds. The van der Waals surface area contributed by atoms with Crippen molar-refractivity contribution in [1.82, 2.24) is 0 Å². The third kappa shape index (κ3) is 4.45. The molecule has 0 aliphatic heterocycles. The summed E-state index contributed by atoms with van der Waals surface area (Å²) >= 11 is 5.84. The van der Waals surface area contributed by atoms with Crippen molar-refractivity contribution in [3.8, 4) is 0 Å². The van der Waals surface area contributed by atoms with Gasteiger partial charge in [-0.2, -0.15) is 0 Å². The summed E-state index contributed by atoms with van der Waals surface area (Å²) in [4.78, 5) is 24.6. The molecule has 0 fully saturated rings. The molecule has 0 saturated heterocycles. The number of hydrogen-bond donors (Lipinski definition) is 0. The van der Waals surface area contributed by atoms with Gasteiger partial charge >= 0.3 is 5.97 Å². The average molecular weight is 363 g/mol. The number of Topliss-reactive ketones (excluding diaryl/α,β-unsaturated/α-hetero) is 1. The Labute approximate surface area is 151 Å². The van der Waals surface area contributed by atoms with Crippen LogP contribution < -0.4 is 0 Å². The molecule has 1 atom stereocenters. The number of ether oxygens (including phenoxy) is 1. The van der Waals surface area contributed by atoms with Crippen molar-refractivity contribution in [1.29, 1.82) is 0 Å². The molecule has 0 aromatic heterocycles. The maximum Gasteiger partial charge on any atom is 0.343 e. The Hall–Kier alpha value is -2.20. The second kappa shape index (κ2) is 7.36. The SMILES string of the molecule is C[C@@H](OC(=O)c1c(F)cccc1Cl)C(=O)c1ccc(C(C)(C)C)cc1. The molecule has 0 aliphatic rings. The molecule has 3 nitrogen and oxygen atoms in total. The highest BCUT2D eigenvalue weighted by Crippen LogP contribution is 2.23. The van der Waals surface area contributed by atoms with Crippen LogP contribution in [0.15, 0.2) is 42.5 Å². The number of carbonyl (C=O) groups excluding carboxylic acids is 2. The predicted molar refractivity (Wildman–Crippen MR) is 95.8 cm³/mol. The number of rotatable bonds is 4. The number of ketones is 1. The summed E-state index contributed by atoms with van der Waals surface area (Å²) in [6.07, 6.45) is -1.05. The van der Waals surface area contributed by atoms with Crippen LogP contribution in [-0.2, 0) is 10.2 Å². The normalized spacial score (nSPS) is 12.6. The summed E-state index contributed by atoms with van der Waals surface area (Å²) in [5, 5.41) is -0.0563. The van der Waals surface area contributed by atoms with Gasteiger partial charge in [-0.25, -0.2) is 9.18 Å². The van der Waals surface area contributed by atoms with Gasteiger partial charge in [-0.1, -0.05) is 62.7 Å². The summed E-state index contributed by atoms with van der Waals surface area (Å²) < 4.78 is 18.9. The molecule has 0 saturated carbocycles. The summed E-state index contributed by atoms with van der Waals surface area (Å²) in [5.41, 5.74) is 1.12. The van der Waals surface area contributed by atoms with Gasteiger partial charge in [0.2, 0.25) is 5.78 Å². The zero-order valence-electron chi connectivity index (χ0n) is 14.6. The summed E-state index contributed by atoms with van der Waals surface area (Å²) in [6, 6.07) is 11.0. The van der Waals surface area contributed by atoms with Gasteiger partial charge in [0.05, 0.1) is 5.02 Å². The monoisotopic (exact) mass is 362 g/mol. The van der Waals surface area contributed by atoms with Gasteiger partial charge in [0, 0.05) is 5.56 Å². The third-order valence-corrected chi connectivity index (χ3v) is 4.17. The van der Waals surface area contributed by atoms with E-state index in [2.05, 4.69) is 20.8 Å². The van der Waals surface area contributed by atoms with E-state index < -0.39 is 17.9 Å². The van der Waals surface area contributed by atoms with Gasteiger partial charge in [0.15, 0.2) is 6.10 Å². The first-order valence-electron chi connectivity index (χ1n) is 7.91.